The van der Waals surface area contributed by atoms with Crippen LogP contribution in [0.4, 0.5) is 0 Å². The van der Waals surface area contributed by atoms with Gasteiger partial charge in [-0.2, -0.15) is 0 Å². The molecule has 3 heterocycles. The van der Waals surface area contributed by atoms with Crippen LogP contribution < -0.4 is 15.0 Å². The number of carbonyl (C=O) groups is 1. The summed E-state index contributed by atoms with van der Waals surface area (Å²) in [6, 6.07) is 13.0. The number of benzene rings is 1. The third-order valence-corrected chi connectivity index (χ3v) is 5.00. The largest absolute Gasteiger partial charge is 0.489 e. The van der Waals surface area contributed by atoms with Crippen LogP contribution in [0.1, 0.15) is 34.7 Å². The molecular formula is C22H20N2O4. The maximum absolute atomic E-state index is 12.9. The molecule has 1 aliphatic rings. The van der Waals surface area contributed by atoms with Crippen molar-refractivity contribution in [1.29, 1.82) is 0 Å². The van der Waals surface area contributed by atoms with Crippen molar-refractivity contribution in [1.82, 2.24) is 9.55 Å². The highest BCUT2D eigenvalue weighted by Crippen LogP contribution is 2.37. The zero-order chi connectivity index (χ0) is 19.7. The highest BCUT2D eigenvalue weighted by Gasteiger charge is 2.32. The minimum absolute atomic E-state index is 0.122. The van der Waals surface area contributed by atoms with E-state index in [4.69, 9.17) is 9.47 Å². The van der Waals surface area contributed by atoms with Gasteiger partial charge in [-0.3, -0.25) is 14.6 Å². The number of ether oxygens (including phenoxy) is 2. The molecule has 0 saturated heterocycles. The average Bonchev–Trinajstić information content (AvgIpc) is 2.71. The molecule has 2 aromatic heterocycles. The minimum atomic E-state index is -0.363. The fourth-order valence-corrected chi connectivity index (χ4v) is 3.40. The summed E-state index contributed by atoms with van der Waals surface area (Å²) < 4.78 is 12.8. The number of esters is 1. The topological polar surface area (TPSA) is 70.4 Å². The van der Waals surface area contributed by atoms with Crippen LogP contribution in [0, 0.1) is 6.92 Å². The Hall–Kier alpha value is -3.41. The molecular weight excluding hydrogens is 356 g/mol. The predicted octanol–water partition coefficient (Wildman–Crippen LogP) is 3.11. The number of pyridine rings is 2. The van der Waals surface area contributed by atoms with Crippen molar-refractivity contribution >= 4 is 5.97 Å². The lowest BCUT2D eigenvalue weighted by atomic mass is 9.87. The van der Waals surface area contributed by atoms with E-state index in [-0.39, 0.29) is 23.9 Å². The zero-order valence-electron chi connectivity index (χ0n) is 15.7. The predicted molar refractivity (Wildman–Crippen MR) is 104 cm³/mol. The van der Waals surface area contributed by atoms with Crippen molar-refractivity contribution < 1.29 is 14.3 Å². The van der Waals surface area contributed by atoms with Crippen molar-refractivity contribution in [3.63, 3.8) is 0 Å². The third-order valence-electron chi connectivity index (χ3n) is 5.00. The van der Waals surface area contributed by atoms with Crippen LogP contribution in [0.15, 0.2) is 59.7 Å². The number of rotatable bonds is 4. The molecule has 0 amide bonds. The van der Waals surface area contributed by atoms with Crippen LogP contribution in [0.25, 0.3) is 0 Å². The molecule has 1 atom stereocenters. The minimum Gasteiger partial charge on any atom is -0.489 e. The molecule has 1 aliphatic heterocycles. The normalized spacial score (nSPS) is 15.6. The summed E-state index contributed by atoms with van der Waals surface area (Å²) in [5.74, 6) is 0.318. The maximum Gasteiger partial charge on any atom is 0.312 e. The Bertz CT molecular complexity index is 1090. The highest BCUT2D eigenvalue weighted by atomic mass is 16.5. The molecule has 6 nitrogen and oxygen atoms in total. The van der Waals surface area contributed by atoms with E-state index in [1.165, 1.54) is 0 Å². The van der Waals surface area contributed by atoms with Crippen molar-refractivity contribution in [2.75, 3.05) is 0 Å². The molecule has 0 bridgehead atoms. The summed E-state index contributed by atoms with van der Waals surface area (Å²) in [6.45, 7) is 2.20. The Kier molecular flexibility index (Phi) is 4.69. The Morgan fingerprint density at radius 3 is 2.86 bits per heavy atom. The lowest BCUT2D eigenvalue weighted by molar-refractivity contribution is -0.135. The van der Waals surface area contributed by atoms with Gasteiger partial charge in [0.25, 0.3) is 5.56 Å². The Morgan fingerprint density at radius 2 is 2.07 bits per heavy atom. The number of hydrogen-bond acceptors (Lipinski definition) is 5. The van der Waals surface area contributed by atoms with Crippen molar-refractivity contribution in [2.24, 2.45) is 7.05 Å². The summed E-state index contributed by atoms with van der Waals surface area (Å²) in [7, 11) is 1.72. The quantitative estimate of drug-likeness (QED) is 0.655. The smallest absolute Gasteiger partial charge is 0.312 e. The van der Waals surface area contributed by atoms with E-state index in [9.17, 15) is 9.59 Å². The average molecular weight is 376 g/mol. The van der Waals surface area contributed by atoms with Crippen LogP contribution in [0.2, 0.25) is 0 Å². The Balaban J connectivity index is 1.68. The summed E-state index contributed by atoms with van der Waals surface area (Å²) in [5.41, 5.74) is 2.92. The summed E-state index contributed by atoms with van der Waals surface area (Å²) in [4.78, 5) is 29.1. The van der Waals surface area contributed by atoms with Gasteiger partial charge in [0.05, 0.1) is 12.0 Å². The molecule has 28 heavy (non-hydrogen) atoms. The van der Waals surface area contributed by atoms with E-state index in [1.807, 2.05) is 43.3 Å². The van der Waals surface area contributed by atoms with Gasteiger partial charge in [0.1, 0.15) is 18.1 Å². The monoisotopic (exact) mass is 376 g/mol. The summed E-state index contributed by atoms with van der Waals surface area (Å²) in [5, 5.41) is 0. The third kappa shape index (κ3) is 3.41. The number of hydrogen-bond donors (Lipinski definition) is 0. The first-order valence-corrected chi connectivity index (χ1v) is 9.06. The maximum atomic E-state index is 12.9. The van der Waals surface area contributed by atoms with Gasteiger partial charge < -0.3 is 14.0 Å². The first kappa shape index (κ1) is 18.0. The van der Waals surface area contributed by atoms with Gasteiger partial charge in [0.2, 0.25) is 0 Å². The van der Waals surface area contributed by atoms with Crippen LogP contribution in [0.3, 0.4) is 0 Å². The van der Waals surface area contributed by atoms with E-state index in [0.29, 0.717) is 23.7 Å². The van der Waals surface area contributed by atoms with Gasteiger partial charge in [-0.15, -0.1) is 0 Å². The van der Waals surface area contributed by atoms with Gasteiger partial charge in [-0.1, -0.05) is 18.2 Å². The molecule has 0 aliphatic carbocycles. The number of aryl methyl sites for hydroxylation is 1. The van der Waals surface area contributed by atoms with Crippen LogP contribution in [-0.2, 0) is 18.4 Å². The van der Waals surface area contributed by atoms with Crippen molar-refractivity contribution in [3.05, 3.63) is 87.6 Å². The SMILES string of the molecule is Cc1cc2c(c(=O)n1C)[C@@H](c1cccc(OCc3cccnc3)c1)CC(=O)O2. The van der Waals surface area contributed by atoms with Gasteiger partial charge in [-0.25, -0.2) is 0 Å². The molecule has 0 spiro atoms. The second kappa shape index (κ2) is 7.31. The number of fused-ring (bicyclic) bond motifs is 1. The molecule has 4 rings (SSSR count). The summed E-state index contributed by atoms with van der Waals surface area (Å²) >= 11 is 0. The van der Waals surface area contributed by atoms with Gasteiger partial charge in [0.15, 0.2) is 0 Å². The number of aromatic nitrogens is 2. The molecule has 142 valence electrons. The molecule has 0 fully saturated rings. The summed E-state index contributed by atoms with van der Waals surface area (Å²) in [6.07, 6.45) is 3.59. The van der Waals surface area contributed by atoms with Crippen LogP contribution in [-0.4, -0.2) is 15.5 Å². The molecule has 0 radical (unpaired) electrons. The lowest BCUT2D eigenvalue weighted by Crippen LogP contribution is -2.31. The second-order valence-electron chi connectivity index (χ2n) is 6.88. The first-order chi connectivity index (χ1) is 13.5. The first-order valence-electron chi connectivity index (χ1n) is 9.06. The lowest BCUT2D eigenvalue weighted by Gasteiger charge is -2.25. The van der Waals surface area contributed by atoms with Gasteiger partial charge >= 0.3 is 5.97 Å². The molecule has 0 saturated carbocycles. The fourth-order valence-electron chi connectivity index (χ4n) is 3.40. The van der Waals surface area contributed by atoms with Crippen molar-refractivity contribution in [2.45, 2.75) is 25.9 Å². The zero-order valence-corrected chi connectivity index (χ0v) is 15.7. The molecule has 6 heteroatoms. The standard InChI is InChI=1S/C22H20N2O4/c1-14-9-19-21(22(26)24(14)2)18(11-20(25)28-19)16-6-3-7-17(10-16)27-13-15-5-4-8-23-12-15/h3-10,12,18H,11,13H2,1-2H3/t18-/m1/s1. The van der Waals surface area contributed by atoms with E-state index >= 15 is 0 Å². The highest BCUT2D eigenvalue weighted by molar-refractivity contribution is 5.77. The molecule has 0 N–H and O–H groups in total. The Labute approximate surface area is 162 Å². The second-order valence-corrected chi connectivity index (χ2v) is 6.88. The van der Waals surface area contributed by atoms with Crippen molar-refractivity contribution in [3.8, 4) is 11.5 Å². The number of carbonyl (C=O) groups excluding carboxylic acids is 1. The van der Waals surface area contributed by atoms with E-state index in [1.54, 1.807) is 30.1 Å². The van der Waals surface area contributed by atoms with Crippen LogP contribution in [0.5, 0.6) is 11.5 Å². The van der Waals surface area contributed by atoms with E-state index in [0.717, 1.165) is 16.8 Å². The van der Waals surface area contributed by atoms with E-state index < -0.39 is 0 Å². The number of nitrogens with zero attached hydrogens (tertiary/aromatic N) is 2. The Morgan fingerprint density at radius 1 is 1.21 bits per heavy atom. The van der Waals surface area contributed by atoms with E-state index in [2.05, 4.69) is 4.98 Å². The molecule has 1 aromatic carbocycles. The molecule has 3 aromatic rings. The van der Waals surface area contributed by atoms with Gasteiger partial charge in [-0.05, 0) is 30.7 Å². The van der Waals surface area contributed by atoms with Gasteiger partial charge in [0, 0.05) is 42.7 Å². The fraction of sp³-hybridized carbons (Fsp3) is 0.227. The molecule has 0 unspecified atom stereocenters. The van der Waals surface area contributed by atoms with Crippen LogP contribution >= 0.6 is 0 Å².